The number of rotatable bonds is 4. The van der Waals surface area contributed by atoms with Crippen LogP contribution in [-0.4, -0.2) is 6.61 Å². The summed E-state index contributed by atoms with van der Waals surface area (Å²) in [4.78, 5) is 0. The highest BCUT2D eigenvalue weighted by Crippen LogP contribution is 2.32. The Morgan fingerprint density at radius 3 is 2.75 bits per heavy atom. The molecule has 0 spiro atoms. The smallest absolute Gasteiger partial charge is 0.127 e. The Morgan fingerprint density at radius 2 is 1.95 bits per heavy atom. The number of halogens is 2. The fourth-order valence-corrected chi connectivity index (χ4v) is 2.97. The van der Waals surface area contributed by atoms with Crippen LogP contribution in [0.2, 0.25) is 0 Å². The summed E-state index contributed by atoms with van der Waals surface area (Å²) in [6, 6.07) is 10.8. The molecule has 1 heterocycles. The van der Waals surface area contributed by atoms with Crippen LogP contribution in [0.4, 0.5) is 4.39 Å². The molecule has 0 fully saturated rings. The second kappa shape index (κ2) is 5.94. The zero-order valence-corrected chi connectivity index (χ0v) is 12.5. The van der Waals surface area contributed by atoms with Crippen LogP contribution in [0.3, 0.4) is 0 Å². The molecule has 0 bridgehead atoms. The summed E-state index contributed by atoms with van der Waals surface area (Å²) in [5.74, 6) is 0.812. The first-order valence-electron chi connectivity index (χ1n) is 6.61. The van der Waals surface area contributed by atoms with E-state index in [1.54, 1.807) is 12.1 Å². The molecule has 1 aliphatic rings. The summed E-state index contributed by atoms with van der Waals surface area (Å²) >= 11 is 3.54. The van der Waals surface area contributed by atoms with Gasteiger partial charge in [0.25, 0.3) is 0 Å². The molecule has 0 aromatic heterocycles. The van der Waals surface area contributed by atoms with Crippen LogP contribution in [0.25, 0.3) is 0 Å². The molecule has 20 heavy (non-hydrogen) atoms. The largest absolute Gasteiger partial charge is 0.493 e. The van der Waals surface area contributed by atoms with Gasteiger partial charge in [-0.05, 0) is 35.4 Å². The van der Waals surface area contributed by atoms with E-state index in [0.29, 0.717) is 6.54 Å². The van der Waals surface area contributed by atoms with Crippen molar-refractivity contribution in [2.75, 3.05) is 6.61 Å². The lowest BCUT2D eigenvalue weighted by molar-refractivity contribution is 0.352. The molecule has 0 saturated carbocycles. The van der Waals surface area contributed by atoms with Crippen molar-refractivity contribution in [3.63, 3.8) is 0 Å². The number of fused-ring (bicyclic) bond motifs is 1. The Labute approximate surface area is 126 Å². The number of ether oxygens (including phenoxy) is 1. The minimum atomic E-state index is -0.202. The third-order valence-corrected chi connectivity index (χ3v) is 3.84. The Balaban J connectivity index is 1.65. The van der Waals surface area contributed by atoms with Crippen molar-refractivity contribution in [1.29, 1.82) is 0 Å². The highest BCUT2D eigenvalue weighted by atomic mass is 79.9. The second-order valence-corrected chi connectivity index (χ2v) is 5.80. The van der Waals surface area contributed by atoms with Crippen LogP contribution in [0.15, 0.2) is 40.9 Å². The maximum atomic E-state index is 12.8. The van der Waals surface area contributed by atoms with Crippen molar-refractivity contribution in [3.05, 3.63) is 63.4 Å². The lowest BCUT2D eigenvalue weighted by atomic mass is 10.1. The maximum absolute atomic E-state index is 12.8. The Kier molecular flexibility index (Phi) is 4.03. The molecule has 0 saturated heterocycles. The van der Waals surface area contributed by atoms with Gasteiger partial charge < -0.3 is 10.1 Å². The van der Waals surface area contributed by atoms with E-state index < -0.39 is 0 Å². The standard InChI is InChI=1S/C16H15BrFNO/c17-14-7-12-5-6-20-16(12)13(8-14)10-19-9-11-1-3-15(18)4-2-11/h1-4,7-8,19H,5-6,9-10H2. The molecular weight excluding hydrogens is 321 g/mol. The van der Waals surface area contributed by atoms with Gasteiger partial charge in [0, 0.05) is 29.5 Å². The SMILES string of the molecule is Fc1ccc(CNCc2cc(Br)cc3c2OCC3)cc1. The maximum Gasteiger partial charge on any atom is 0.127 e. The van der Waals surface area contributed by atoms with Gasteiger partial charge in [-0.3, -0.25) is 0 Å². The van der Waals surface area contributed by atoms with E-state index >= 15 is 0 Å². The molecule has 3 rings (SSSR count). The highest BCUT2D eigenvalue weighted by Gasteiger charge is 2.16. The van der Waals surface area contributed by atoms with E-state index in [4.69, 9.17) is 4.74 Å². The van der Waals surface area contributed by atoms with Crippen molar-refractivity contribution >= 4 is 15.9 Å². The first kappa shape index (κ1) is 13.6. The van der Waals surface area contributed by atoms with Crippen molar-refractivity contribution < 1.29 is 9.13 Å². The van der Waals surface area contributed by atoms with Crippen molar-refractivity contribution in [2.24, 2.45) is 0 Å². The van der Waals surface area contributed by atoms with Crippen LogP contribution in [0.5, 0.6) is 5.75 Å². The van der Waals surface area contributed by atoms with E-state index in [-0.39, 0.29) is 5.82 Å². The molecule has 0 atom stereocenters. The molecule has 2 aromatic carbocycles. The fourth-order valence-electron chi connectivity index (χ4n) is 2.42. The van der Waals surface area contributed by atoms with Gasteiger partial charge in [0.15, 0.2) is 0 Å². The van der Waals surface area contributed by atoms with E-state index in [9.17, 15) is 4.39 Å². The Hall–Kier alpha value is -1.39. The van der Waals surface area contributed by atoms with Crippen LogP contribution in [-0.2, 0) is 19.5 Å². The van der Waals surface area contributed by atoms with E-state index in [1.807, 2.05) is 0 Å². The van der Waals surface area contributed by atoms with Crippen molar-refractivity contribution in [1.82, 2.24) is 5.32 Å². The van der Waals surface area contributed by atoms with Crippen LogP contribution in [0, 0.1) is 5.82 Å². The summed E-state index contributed by atoms with van der Waals surface area (Å²) in [6.07, 6.45) is 0.972. The molecule has 0 unspecified atom stereocenters. The van der Waals surface area contributed by atoms with Crippen LogP contribution < -0.4 is 10.1 Å². The third kappa shape index (κ3) is 3.02. The van der Waals surface area contributed by atoms with E-state index in [1.165, 1.54) is 17.7 Å². The summed E-state index contributed by atoms with van der Waals surface area (Å²) in [5.41, 5.74) is 3.49. The normalized spacial score (nSPS) is 13.1. The van der Waals surface area contributed by atoms with Gasteiger partial charge in [-0.2, -0.15) is 0 Å². The Bertz CT molecular complexity index is 613. The predicted molar refractivity (Wildman–Crippen MR) is 80.3 cm³/mol. The number of benzene rings is 2. The first-order chi connectivity index (χ1) is 9.72. The van der Waals surface area contributed by atoms with Crippen LogP contribution >= 0.6 is 15.9 Å². The third-order valence-electron chi connectivity index (χ3n) is 3.38. The van der Waals surface area contributed by atoms with Crippen molar-refractivity contribution in [2.45, 2.75) is 19.5 Å². The minimum absolute atomic E-state index is 0.202. The lowest BCUT2D eigenvalue weighted by Gasteiger charge is -2.10. The quantitative estimate of drug-likeness (QED) is 0.917. The molecule has 2 nitrogen and oxygen atoms in total. The van der Waals surface area contributed by atoms with Gasteiger partial charge in [-0.25, -0.2) is 4.39 Å². The summed E-state index contributed by atoms with van der Waals surface area (Å²) in [7, 11) is 0. The summed E-state index contributed by atoms with van der Waals surface area (Å²) < 4.78 is 19.6. The van der Waals surface area contributed by atoms with Gasteiger partial charge in [0.05, 0.1) is 6.61 Å². The van der Waals surface area contributed by atoms with Crippen molar-refractivity contribution in [3.8, 4) is 5.75 Å². The molecule has 1 N–H and O–H groups in total. The average Bonchev–Trinajstić information content (AvgIpc) is 2.89. The molecule has 104 valence electrons. The zero-order chi connectivity index (χ0) is 13.9. The summed E-state index contributed by atoms with van der Waals surface area (Å²) in [5, 5.41) is 3.37. The molecule has 0 aliphatic carbocycles. The topological polar surface area (TPSA) is 21.3 Å². The van der Waals surface area contributed by atoms with Gasteiger partial charge in [-0.15, -0.1) is 0 Å². The van der Waals surface area contributed by atoms with E-state index in [2.05, 4.69) is 33.4 Å². The highest BCUT2D eigenvalue weighted by molar-refractivity contribution is 9.10. The molecule has 0 amide bonds. The zero-order valence-electron chi connectivity index (χ0n) is 11.0. The minimum Gasteiger partial charge on any atom is -0.493 e. The second-order valence-electron chi connectivity index (χ2n) is 4.88. The van der Waals surface area contributed by atoms with Gasteiger partial charge in [0.1, 0.15) is 11.6 Å². The average molecular weight is 336 g/mol. The van der Waals surface area contributed by atoms with Gasteiger partial charge >= 0.3 is 0 Å². The number of nitrogens with one attached hydrogen (secondary N) is 1. The predicted octanol–water partition coefficient (Wildman–Crippen LogP) is 3.81. The van der Waals surface area contributed by atoms with Gasteiger partial charge in [0.2, 0.25) is 0 Å². The molecule has 4 heteroatoms. The fraction of sp³-hybridized carbons (Fsp3) is 0.250. The summed E-state index contributed by atoms with van der Waals surface area (Å²) in [6.45, 7) is 2.21. The van der Waals surface area contributed by atoms with Crippen LogP contribution in [0.1, 0.15) is 16.7 Å². The lowest BCUT2D eigenvalue weighted by Crippen LogP contribution is -2.13. The van der Waals surface area contributed by atoms with Gasteiger partial charge in [-0.1, -0.05) is 28.1 Å². The van der Waals surface area contributed by atoms with E-state index in [0.717, 1.165) is 40.9 Å². The molecule has 2 aromatic rings. The monoisotopic (exact) mass is 335 g/mol. The first-order valence-corrected chi connectivity index (χ1v) is 7.41. The molecule has 0 radical (unpaired) electrons. The molecular formula is C16H15BrFNO. The number of hydrogen-bond donors (Lipinski definition) is 1. The number of hydrogen-bond acceptors (Lipinski definition) is 2. The molecule has 1 aliphatic heterocycles. The Morgan fingerprint density at radius 1 is 1.15 bits per heavy atom.